The lowest BCUT2D eigenvalue weighted by Gasteiger charge is -2.30. The molecule has 0 aromatic carbocycles. The predicted molar refractivity (Wildman–Crippen MR) is 80.5 cm³/mol. The number of anilines is 1. The van der Waals surface area contributed by atoms with Crippen LogP contribution in [-0.4, -0.2) is 28.2 Å². The lowest BCUT2D eigenvalue weighted by molar-refractivity contribution is 0.105. The van der Waals surface area contributed by atoms with E-state index < -0.39 is 0 Å². The largest absolute Gasteiger partial charge is 0.376 e. The molecule has 1 fully saturated rings. The maximum absolute atomic E-state index is 5.65. The summed E-state index contributed by atoms with van der Waals surface area (Å²) < 4.78 is 6.46. The zero-order valence-electron chi connectivity index (χ0n) is 12.2. The van der Waals surface area contributed by atoms with Crippen LogP contribution in [0, 0.1) is 0 Å². The summed E-state index contributed by atoms with van der Waals surface area (Å²) >= 11 is 3.47. The van der Waals surface area contributed by atoms with E-state index in [0.717, 1.165) is 29.3 Å². The number of hydrogen-bond acceptors (Lipinski definition) is 4. The van der Waals surface area contributed by atoms with Crippen molar-refractivity contribution in [3.05, 3.63) is 16.5 Å². The minimum Gasteiger partial charge on any atom is -0.376 e. The molecule has 2 atom stereocenters. The quantitative estimate of drug-likeness (QED) is 0.844. The summed E-state index contributed by atoms with van der Waals surface area (Å²) in [7, 11) is 0. The highest BCUT2D eigenvalue weighted by molar-refractivity contribution is 9.10. The van der Waals surface area contributed by atoms with Gasteiger partial charge in [0.05, 0.1) is 11.6 Å². The average Bonchev–Trinajstić information content (AvgIpc) is 2.56. The molecule has 1 aliphatic rings. The molecular weight excluding hydrogens is 306 g/mol. The van der Waals surface area contributed by atoms with Crippen molar-refractivity contribution in [1.29, 1.82) is 0 Å². The van der Waals surface area contributed by atoms with Crippen LogP contribution < -0.4 is 5.32 Å². The van der Waals surface area contributed by atoms with Crippen molar-refractivity contribution in [2.24, 2.45) is 0 Å². The molecule has 1 aromatic rings. The van der Waals surface area contributed by atoms with Gasteiger partial charge in [-0.15, -0.1) is 0 Å². The fourth-order valence-corrected chi connectivity index (χ4v) is 2.49. The van der Waals surface area contributed by atoms with Crippen molar-refractivity contribution in [3.63, 3.8) is 0 Å². The van der Waals surface area contributed by atoms with Crippen molar-refractivity contribution in [1.82, 2.24) is 9.97 Å². The molecule has 1 saturated heterocycles. The average molecular weight is 328 g/mol. The maximum Gasteiger partial charge on any atom is 0.137 e. The van der Waals surface area contributed by atoms with E-state index in [1.54, 1.807) is 0 Å². The molecule has 1 N–H and O–H groups in total. The summed E-state index contributed by atoms with van der Waals surface area (Å²) in [5.74, 6) is 1.69. The van der Waals surface area contributed by atoms with Crippen LogP contribution >= 0.6 is 15.9 Å². The molecule has 4 nitrogen and oxygen atoms in total. The van der Waals surface area contributed by atoms with E-state index in [0.29, 0.717) is 0 Å². The SMILES string of the molecule is CC1OCCC1(C)Nc1cc(Br)nc(C(C)(C)C)n1. The van der Waals surface area contributed by atoms with Gasteiger partial charge in [-0.25, -0.2) is 9.97 Å². The molecule has 0 spiro atoms. The van der Waals surface area contributed by atoms with E-state index in [2.05, 4.69) is 65.8 Å². The molecular formula is C14H22BrN3O. The van der Waals surface area contributed by atoms with Gasteiger partial charge in [0.15, 0.2) is 0 Å². The Morgan fingerprint density at radius 1 is 1.42 bits per heavy atom. The molecule has 1 aliphatic heterocycles. The normalized spacial score (nSPS) is 27.6. The Morgan fingerprint density at radius 2 is 2.11 bits per heavy atom. The minimum atomic E-state index is -0.0705. The third-order valence-corrected chi connectivity index (χ3v) is 4.07. The minimum absolute atomic E-state index is 0.0665. The number of aromatic nitrogens is 2. The highest BCUT2D eigenvalue weighted by atomic mass is 79.9. The topological polar surface area (TPSA) is 47.0 Å². The summed E-state index contributed by atoms with van der Waals surface area (Å²) in [5, 5.41) is 3.51. The number of nitrogens with one attached hydrogen (secondary N) is 1. The molecule has 0 amide bonds. The standard InChI is InChI=1S/C14H22BrN3O/c1-9-14(5,6-7-19-9)18-11-8-10(15)16-12(17-11)13(2,3)4/h8-9H,6-7H2,1-5H3,(H,16,17,18). The van der Waals surface area contributed by atoms with Gasteiger partial charge in [-0.05, 0) is 36.2 Å². The summed E-state index contributed by atoms with van der Waals surface area (Å²) in [6, 6.07) is 1.92. The Bertz CT molecular complexity index is 472. The lowest BCUT2D eigenvalue weighted by Crippen LogP contribution is -2.41. The third kappa shape index (κ3) is 3.26. The highest BCUT2D eigenvalue weighted by Crippen LogP contribution is 2.30. The lowest BCUT2D eigenvalue weighted by atomic mass is 9.94. The van der Waals surface area contributed by atoms with Gasteiger partial charge in [0, 0.05) is 18.1 Å². The molecule has 2 unspecified atom stereocenters. The van der Waals surface area contributed by atoms with Crippen LogP contribution in [0.2, 0.25) is 0 Å². The molecule has 0 saturated carbocycles. The second-order valence-electron chi connectivity index (χ2n) is 6.46. The van der Waals surface area contributed by atoms with Crippen molar-refractivity contribution in [2.75, 3.05) is 11.9 Å². The van der Waals surface area contributed by atoms with Crippen LogP contribution in [0.25, 0.3) is 0 Å². The van der Waals surface area contributed by atoms with Crippen molar-refractivity contribution < 1.29 is 4.74 Å². The molecule has 19 heavy (non-hydrogen) atoms. The molecule has 0 aliphatic carbocycles. The van der Waals surface area contributed by atoms with Gasteiger partial charge in [-0.2, -0.15) is 0 Å². The van der Waals surface area contributed by atoms with Crippen LogP contribution in [0.4, 0.5) is 5.82 Å². The van der Waals surface area contributed by atoms with Gasteiger partial charge < -0.3 is 10.1 Å². The monoisotopic (exact) mass is 327 g/mol. The first-order chi connectivity index (χ1) is 8.71. The smallest absolute Gasteiger partial charge is 0.137 e. The van der Waals surface area contributed by atoms with Crippen LogP contribution in [0.5, 0.6) is 0 Å². The molecule has 0 bridgehead atoms. The number of hydrogen-bond donors (Lipinski definition) is 1. The van der Waals surface area contributed by atoms with Gasteiger partial charge in [-0.1, -0.05) is 20.8 Å². The molecule has 1 aromatic heterocycles. The first-order valence-electron chi connectivity index (χ1n) is 6.65. The first kappa shape index (κ1) is 14.7. The second-order valence-corrected chi connectivity index (χ2v) is 7.27. The Hall–Kier alpha value is -0.680. The number of nitrogens with zero attached hydrogens (tertiary/aromatic N) is 2. The molecule has 106 valence electrons. The van der Waals surface area contributed by atoms with Crippen molar-refractivity contribution in [3.8, 4) is 0 Å². The zero-order chi connectivity index (χ0) is 14.3. The number of halogens is 1. The van der Waals surface area contributed by atoms with E-state index in [1.165, 1.54) is 0 Å². The summed E-state index contributed by atoms with van der Waals surface area (Å²) in [6.45, 7) is 11.4. The summed E-state index contributed by atoms with van der Waals surface area (Å²) in [5.41, 5.74) is -0.137. The predicted octanol–water partition coefficient (Wildman–Crippen LogP) is 3.52. The van der Waals surface area contributed by atoms with Crippen LogP contribution in [0.15, 0.2) is 10.7 Å². The van der Waals surface area contributed by atoms with Gasteiger partial charge in [0.25, 0.3) is 0 Å². The van der Waals surface area contributed by atoms with Crippen LogP contribution in [0.3, 0.4) is 0 Å². The Balaban J connectivity index is 2.28. The van der Waals surface area contributed by atoms with Gasteiger partial charge in [0.2, 0.25) is 0 Å². The van der Waals surface area contributed by atoms with Gasteiger partial charge in [0.1, 0.15) is 16.2 Å². The van der Waals surface area contributed by atoms with E-state index in [9.17, 15) is 0 Å². The summed E-state index contributed by atoms with van der Waals surface area (Å²) in [6.07, 6.45) is 1.17. The molecule has 5 heteroatoms. The van der Waals surface area contributed by atoms with E-state index in [-0.39, 0.29) is 17.1 Å². The number of ether oxygens (including phenoxy) is 1. The van der Waals surface area contributed by atoms with Gasteiger partial charge in [-0.3, -0.25) is 0 Å². The third-order valence-electron chi connectivity index (χ3n) is 3.67. The van der Waals surface area contributed by atoms with E-state index >= 15 is 0 Å². The van der Waals surface area contributed by atoms with E-state index in [4.69, 9.17) is 4.74 Å². The van der Waals surface area contributed by atoms with Crippen molar-refractivity contribution in [2.45, 2.75) is 58.1 Å². The molecule has 2 heterocycles. The van der Waals surface area contributed by atoms with Gasteiger partial charge >= 0.3 is 0 Å². The van der Waals surface area contributed by atoms with E-state index in [1.807, 2.05) is 6.07 Å². The fourth-order valence-electron chi connectivity index (χ4n) is 2.11. The molecule has 2 rings (SSSR count). The number of rotatable bonds is 2. The first-order valence-corrected chi connectivity index (χ1v) is 7.45. The van der Waals surface area contributed by atoms with Crippen LogP contribution in [0.1, 0.15) is 46.9 Å². The Morgan fingerprint density at radius 3 is 2.63 bits per heavy atom. The highest BCUT2D eigenvalue weighted by Gasteiger charge is 2.37. The fraction of sp³-hybridized carbons (Fsp3) is 0.714. The Labute approximate surface area is 123 Å². The second kappa shape index (κ2) is 5.02. The van der Waals surface area contributed by atoms with Crippen molar-refractivity contribution >= 4 is 21.7 Å². The molecule has 0 radical (unpaired) electrons. The maximum atomic E-state index is 5.65. The summed E-state index contributed by atoms with van der Waals surface area (Å²) in [4.78, 5) is 9.10. The Kier molecular flexibility index (Phi) is 3.89. The van der Waals surface area contributed by atoms with Crippen LogP contribution in [-0.2, 0) is 10.2 Å². The zero-order valence-corrected chi connectivity index (χ0v) is 13.8.